The molecule has 0 saturated carbocycles. The van der Waals surface area contributed by atoms with Crippen LogP contribution in [-0.4, -0.2) is 64.9 Å². The number of aromatic nitrogens is 6. The number of nitrogens with one attached hydrogen (secondary N) is 1. The Labute approximate surface area is 204 Å². The number of piperidine rings is 1. The van der Waals surface area contributed by atoms with Gasteiger partial charge < -0.3 is 10.0 Å². The highest BCUT2D eigenvalue weighted by atomic mass is 32.2. The first-order valence-electron chi connectivity index (χ1n) is 11.3. The van der Waals surface area contributed by atoms with Gasteiger partial charge in [-0.1, -0.05) is 18.3 Å². The van der Waals surface area contributed by atoms with Crippen molar-refractivity contribution in [1.29, 1.82) is 0 Å². The van der Waals surface area contributed by atoms with Crippen molar-refractivity contribution >= 4 is 33.7 Å². The number of fused-ring (bicyclic) bond motifs is 3. The van der Waals surface area contributed by atoms with Crippen molar-refractivity contribution in [1.82, 2.24) is 34.4 Å². The summed E-state index contributed by atoms with van der Waals surface area (Å²) in [7, 11) is 0. The molecule has 10 nitrogen and oxygen atoms in total. The average Bonchev–Trinajstić information content (AvgIpc) is 2.88. The van der Waals surface area contributed by atoms with E-state index in [2.05, 4.69) is 26.5 Å². The molecule has 0 spiro atoms. The van der Waals surface area contributed by atoms with Crippen LogP contribution in [-0.2, 0) is 0 Å². The number of likely N-dealkylation sites (tertiary alicyclic amines) is 1. The number of aromatic amines is 1. The van der Waals surface area contributed by atoms with Crippen molar-refractivity contribution < 1.29 is 5.11 Å². The van der Waals surface area contributed by atoms with Gasteiger partial charge in [-0.25, -0.2) is 19.7 Å². The molecule has 0 amide bonds. The number of nitrogens with zero attached hydrogens (tertiary/aromatic N) is 6. The monoisotopic (exact) mass is 491 g/mol. The summed E-state index contributed by atoms with van der Waals surface area (Å²) in [4.78, 5) is 48.2. The number of thioether (sulfide) groups is 1. The summed E-state index contributed by atoms with van der Waals surface area (Å²) in [5.74, 6) is 0. The molecule has 0 unspecified atom stereocenters. The van der Waals surface area contributed by atoms with Crippen molar-refractivity contribution in [3.63, 3.8) is 0 Å². The van der Waals surface area contributed by atoms with Crippen LogP contribution in [0.4, 0.5) is 0 Å². The lowest BCUT2D eigenvalue weighted by Gasteiger charge is -2.36. The molecule has 5 heterocycles. The quantitative estimate of drug-likeness (QED) is 0.245. The third kappa shape index (κ3) is 4.21. The Kier molecular flexibility index (Phi) is 6.12. The lowest BCUT2D eigenvalue weighted by atomic mass is 10.0. The van der Waals surface area contributed by atoms with E-state index in [0.717, 1.165) is 5.56 Å². The summed E-state index contributed by atoms with van der Waals surface area (Å²) >= 11 is 1.45. The summed E-state index contributed by atoms with van der Waals surface area (Å²) in [6.07, 6.45) is 7.49. The Morgan fingerprint density at radius 2 is 1.89 bits per heavy atom. The summed E-state index contributed by atoms with van der Waals surface area (Å²) in [6.45, 7) is 6.95. The lowest BCUT2D eigenvalue weighted by Crippen LogP contribution is -2.40. The van der Waals surface area contributed by atoms with Gasteiger partial charge in [-0.15, -0.1) is 0 Å². The van der Waals surface area contributed by atoms with E-state index in [0.29, 0.717) is 64.4 Å². The summed E-state index contributed by atoms with van der Waals surface area (Å²) in [6, 6.07) is 3.50. The highest BCUT2D eigenvalue weighted by molar-refractivity contribution is 7.98. The van der Waals surface area contributed by atoms with Gasteiger partial charge in [-0.3, -0.25) is 19.3 Å². The van der Waals surface area contributed by atoms with Gasteiger partial charge >= 0.3 is 5.69 Å². The summed E-state index contributed by atoms with van der Waals surface area (Å²) < 4.78 is 1.65. The molecular weight excluding hydrogens is 466 g/mol. The highest BCUT2D eigenvalue weighted by Gasteiger charge is 2.26. The van der Waals surface area contributed by atoms with Gasteiger partial charge in [0.05, 0.1) is 28.2 Å². The number of aliphatic hydroxyl groups is 1. The minimum atomic E-state index is -0.630. The average molecular weight is 492 g/mol. The molecule has 1 fully saturated rings. The van der Waals surface area contributed by atoms with Crippen LogP contribution in [0.1, 0.15) is 25.8 Å². The maximum absolute atomic E-state index is 13.1. The smallest absolute Gasteiger partial charge is 0.329 e. The summed E-state index contributed by atoms with van der Waals surface area (Å²) in [5.41, 5.74) is 2.60. The molecule has 2 N–H and O–H groups in total. The molecule has 0 bridgehead atoms. The number of aliphatic hydroxyl groups excluding tert-OH is 1. The molecule has 1 aliphatic heterocycles. The largest absolute Gasteiger partial charge is 0.387 e. The van der Waals surface area contributed by atoms with Gasteiger partial charge in [-0.05, 0) is 38.2 Å². The maximum Gasteiger partial charge on any atom is 0.329 e. The second-order valence-corrected chi connectivity index (χ2v) is 9.33. The Balaban J connectivity index is 1.65. The van der Waals surface area contributed by atoms with Crippen molar-refractivity contribution in [3.8, 4) is 11.3 Å². The first-order valence-corrected chi connectivity index (χ1v) is 12.5. The Hall–Kier alpha value is -3.57. The number of hydrogen-bond acceptors (Lipinski definition) is 9. The van der Waals surface area contributed by atoms with Gasteiger partial charge in [0, 0.05) is 49.0 Å². The van der Waals surface area contributed by atoms with Crippen LogP contribution in [0.3, 0.4) is 0 Å². The molecule has 0 radical (unpaired) electrons. The minimum Gasteiger partial charge on any atom is -0.387 e. The van der Waals surface area contributed by atoms with Gasteiger partial charge in [0.15, 0.2) is 5.16 Å². The van der Waals surface area contributed by atoms with E-state index in [9.17, 15) is 14.7 Å². The Morgan fingerprint density at radius 1 is 1.17 bits per heavy atom. The first-order chi connectivity index (χ1) is 16.9. The molecule has 180 valence electrons. The van der Waals surface area contributed by atoms with Crippen LogP contribution in [0.15, 0.2) is 57.7 Å². The van der Waals surface area contributed by atoms with Crippen LogP contribution in [0.2, 0.25) is 0 Å². The van der Waals surface area contributed by atoms with E-state index in [1.54, 1.807) is 23.9 Å². The molecule has 0 aromatic carbocycles. The molecule has 1 saturated heterocycles. The molecular formula is C24H25N7O3S. The molecule has 4 aromatic heterocycles. The van der Waals surface area contributed by atoms with Gasteiger partial charge in [0.2, 0.25) is 0 Å². The lowest BCUT2D eigenvalue weighted by molar-refractivity contribution is 0.151. The van der Waals surface area contributed by atoms with E-state index < -0.39 is 17.4 Å². The first kappa shape index (κ1) is 23.2. The second kappa shape index (κ2) is 9.23. The zero-order valence-electron chi connectivity index (χ0n) is 19.4. The molecule has 35 heavy (non-hydrogen) atoms. The molecule has 1 aliphatic rings. The van der Waals surface area contributed by atoms with E-state index >= 15 is 0 Å². The normalized spacial score (nSPS) is 15.6. The van der Waals surface area contributed by atoms with Crippen LogP contribution in [0.25, 0.3) is 33.2 Å². The van der Waals surface area contributed by atoms with Crippen molar-refractivity contribution in [2.75, 3.05) is 19.3 Å². The number of pyridine rings is 2. The van der Waals surface area contributed by atoms with Gasteiger partial charge in [0.1, 0.15) is 5.52 Å². The predicted molar refractivity (Wildman–Crippen MR) is 135 cm³/mol. The zero-order chi connectivity index (χ0) is 24.7. The fourth-order valence-electron chi connectivity index (χ4n) is 4.53. The highest BCUT2D eigenvalue weighted by Crippen LogP contribution is 2.29. The molecule has 4 aromatic rings. The van der Waals surface area contributed by atoms with Crippen molar-refractivity contribution in [2.45, 2.75) is 37.1 Å². The summed E-state index contributed by atoms with van der Waals surface area (Å²) in [5, 5.41) is 10.8. The minimum absolute atomic E-state index is 0.153. The zero-order valence-corrected chi connectivity index (χ0v) is 20.2. The topological polar surface area (TPSA) is 130 Å². The SMILES string of the molecule is C=C([C@@H](C)O)N1CCC(n2c(=O)[nH]c(=O)c3cnc4ccc(-c5cnc(SC)nc5)nc4c32)CC1. The maximum atomic E-state index is 13.1. The van der Waals surface area contributed by atoms with E-state index in [-0.39, 0.29) is 6.04 Å². The van der Waals surface area contributed by atoms with E-state index in [1.807, 2.05) is 23.3 Å². The Morgan fingerprint density at radius 3 is 2.54 bits per heavy atom. The van der Waals surface area contributed by atoms with Crippen LogP contribution in [0, 0.1) is 0 Å². The van der Waals surface area contributed by atoms with Crippen LogP contribution < -0.4 is 11.2 Å². The van der Waals surface area contributed by atoms with E-state index in [4.69, 9.17) is 4.98 Å². The van der Waals surface area contributed by atoms with Crippen LogP contribution >= 0.6 is 11.8 Å². The molecule has 1 atom stereocenters. The fourth-order valence-corrected chi connectivity index (χ4v) is 4.84. The van der Waals surface area contributed by atoms with E-state index in [1.165, 1.54) is 18.0 Å². The molecule has 11 heteroatoms. The molecule has 0 aliphatic carbocycles. The molecule has 5 rings (SSSR count). The van der Waals surface area contributed by atoms with Gasteiger partial charge in [0.25, 0.3) is 5.56 Å². The standard InChI is InChI=1S/C24H25N7O3S/c1-13(14(2)32)30-8-6-16(7-9-30)31-21-17(22(33)29-24(31)34)12-25-19-5-4-18(28-20(19)21)15-10-26-23(35-3)27-11-15/h4-5,10-12,14,16,32H,1,6-9H2,2-3H3,(H,29,33,34)/t14-/m1/s1. The number of rotatable bonds is 5. The van der Waals surface area contributed by atoms with Crippen molar-refractivity contribution in [3.05, 3.63) is 63.8 Å². The third-order valence-electron chi connectivity index (χ3n) is 6.44. The number of H-pyrrole nitrogens is 1. The Bertz CT molecular complexity index is 1540. The van der Waals surface area contributed by atoms with Crippen molar-refractivity contribution in [2.24, 2.45) is 0 Å². The fraction of sp³-hybridized carbons (Fsp3) is 0.333. The number of hydrogen-bond donors (Lipinski definition) is 2. The third-order valence-corrected chi connectivity index (χ3v) is 7.01. The predicted octanol–water partition coefficient (Wildman–Crippen LogP) is 2.34. The second-order valence-electron chi connectivity index (χ2n) is 8.56. The van der Waals surface area contributed by atoms with Gasteiger partial charge in [-0.2, -0.15) is 0 Å². The van der Waals surface area contributed by atoms with Crippen LogP contribution in [0.5, 0.6) is 0 Å².